The van der Waals surface area contributed by atoms with Crippen molar-refractivity contribution < 1.29 is 23.6 Å². The van der Waals surface area contributed by atoms with Crippen molar-refractivity contribution in [2.45, 2.75) is 32.0 Å². The van der Waals surface area contributed by atoms with Crippen LogP contribution in [0.25, 0.3) is 11.4 Å². The molecule has 10 nitrogen and oxygen atoms in total. The highest BCUT2D eigenvalue weighted by Crippen LogP contribution is 2.33. The van der Waals surface area contributed by atoms with Crippen molar-refractivity contribution in [1.29, 1.82) is 0 Å². The maximum Gasteiger partial charge on any atom is 0.251 e. The first-order valence-electron chi connectivity index (χ1n) is 9.67. The third kappa shape index (κ3) is 4.56. The van der Waals surface area contributed by atoms with Crippen LogP contribution < -0.4 is 5.32 Å². The quantitative estimate of drug-likeness (QED) is 0.571. The summed E-state index contributed by atoms with van der Waals surface area (Å²) >= 11 is 0. The maximum absolute atomic E-state index is 11.6. The van der Waals surface area contributed by atoms with Crippen LogP contribution in [-0.2, 0) is 22.7 Å². The van der Waals surface area contributed by atoms with Gasteiger partial charge in [-0.2, -0.15) is 4.98 Å². The van der Waals surface area contributed by atoms with Crippen LogP contribution >= 0.6 is 0 Å². The molecule has 0 aliphatic carbocycles. The largest absolute Gasteiger partial charge is 0.462 e. The number of amides is 1. The number of ether oxygens (including phenoxy) is 1. The Morgan fingerprint density at radius 1 is 1.33 bits per heavy atom. The van der Waals surface area contributed by atoms with Gasteiger partial charge < -0.3 is 24.1 Å². The SMILES string of the molecule is COCC(=O)Nc1ccc(-c2noc([C@@H]3CCCN3Cc3ccc(CO)o3)n2)cn1. The van der Waals surface area contributed by atoms with Crippen molar-refractivity contribution in [2.75, 3.05) is 25.6 Å². The molecule has 3 aromatic rings. The molecule has 1 fully saturated rings. The third-order valence-corrected chi connectivity index (χ3v) is 4.89. The second-order valence-corrected chi connectivity index (χ2v) is 7.02. The standard InChI is InChI=1S/C20H23N5O5/c1-28-12-18(27)22-17-7-4-13(9-21-17)19-23-20(30-24-19)16-3-2-8-25(16)10-14-5-6-15(11-26)29-14/h4-7,9,16,26H,2-3,8,10-12H2,1H3,(H,21,22,27)/t16-/m0/s1. The van der Waals surface area contributed by atoms with Crippen LogP contribution in [0.4, 0.5) is 5.82 Å². The van der Waals surface area contributed by atoms with Crippen LogP contribution in [-0.4, -0.2) is 51.3 Å². The number of nitrogens with zero attached hydrogens (tertiary/aromatic N) is 4. The highest BCUT2D eigenvalue weighted by molar-refractivity contribution is 5.90. The Hall–Kier alpha value is -3.08. The van der Waals surface area contributed by atoms with Crippen molar-refractivity contribution in [3.8, 4) is 11.4 Å². The predicted molar refractivity (Wildman–Crippen MR) is 105 cm³/mol. The van der Waals surface area contributed by atoms with Crippen molar-refractivity contribution in [2.24, 2.45) is 0 Å². The number of methoxy groups -OCH3 is 1. The van der Waals surface area contributed by atoms with Gasteiger partial charge in [0.2, 0.25) is 11.7 Å². The van der Waals surface area contributed by atoms with E-state index in [1.807, 2.05) is 6.07 Å². The fourth-order valence-electron chi connectivity index (χ4n) is 3.49. The monoisotopic (exact) mass is 413 g/mol. The van der Waals surface area contributed by atoms with E-state index < -0.39 is 0 Å². The van der Waals surface area contributed by atoms with E-state index in [0.29, 0.717) is 35.4 Å². The molecule has 1 amide bonds. The van der Waals surface area contributed by atoms with Gasteiger partial charge in [-0.15, -0.1) is 0 Å². The molecule has 0 bridgehead atoms. The molecule has 1 aliphatic rings. The van der Waals surface area contributed by atoms with Gasteiger partial charge in [-0.3, -0.25) is 9.69 Å². The third-order valence-electron chi connectivity index (χ3n) is 4.89. The molecule has 0 spiro atoms. The number of pyridine rings is 1. The van der Waals surface area contributed by atoms with Gasteiger partial charge in [-0.1, -0.05) is 5.16 Å². The molecule has 2 N–H and O–H groups in total. The molecule has 0 aromatic carbocycles. The zero-order valence-corrected chi connectivity index (χ0v) is 16.6. The first kappa shape index (κ1) is 20.2. The highest BCUT2D eigenvalue weighted by atomic mass is 16.5. The highest BCUT2D eigenvalue weighted by Gasteiger charge is 2.31. The average molecular weight is 413 g/mol. The minimum Gasteiger partial charge on any atom is -0.462 e. The van der Waals surface area contributed by atoms with Crippen LogP contribution in [0.3, 0.4) is 0 Å². The Morgan fingerprint density at radius 2 is 2.20 bits per heavy atom. The Kier molecular flexibility index (Phi) is 6.17. The van der Waals surface area contributed by atoms with Crippen LogP contribution in [0.5, 0.6) is 0 Å². The lowest BCUT2D eigenvalue weighted by atomic mass is 10.2. The first-order chi connectivity index (χ1) is 14.7. The van der Waals surface area contributed by atoms with Crippen LogP contribution in [0, 0.1) is 0 Å². The number of hydrogen-bond acceptors (Lipinski definition) is 9. The second kappa shape index (κ2) is 9.16. The maximum atomic E-state index is 11.6. The number of nitrogens with one attached hydrogen (secondary N) is 1. The molecule has 4 heterocycles. The number of aliphatic hydroxyl groups excluding tert-OH is 1. The molecule has 0 saturated carbocycles. The van der Waals surface area contributed by atoms with Crippen molar-refractivity contribution in [3.05, 3.63) is 47.9 Å². The number of carbonyl (C=O) groups excluding carboxylic acids is 1. The van der Waals surface area contributed by atoms with Gasteiger partial charge in [-0.05, 0) is 43.7 Å². The van der Waals surface area contributed by atoms with Crippen LogP contribution in [0.1, 0.15) is 36.3 Å². The Bertz CT molecular complexity index is 984. The molecule has 0 unspecified atom stereocenters. The van der Waals surface area contributed by atoms with Gasteiger partial charge >= 0.3 is 0 Å². The lowest BCUT2D eigenvalue weighted by molar-refractivity contribution is -0.119. The summed E-state index contributed by atoms with van der Waals surface area (Å²) in [5, 5.41) is 15.9. The van der Waals surface area contributed by atoms with E-state index in [-0.39, 0.29) is 25.2 Å². The lowest BCUT2D eigenvalue weighted by Crippen LogP contribution is -2.22. The Balaban J connectivity index is 1.43. The van der Waals surface area contributed by atoms with Crippen LogP contribution in [0.15, 0.2) is 39.4 Å². The molecule has 10 heteroatoms. The van der Waals surface area contributed by atoms with Gasteiger partial charge in [-0.25, -0.2) is 4.98 Å². The van der Waals surface area contributed by atoms with Gasteiger partial charge in [0.25, 0.3) is 5.91 Å². The van der Waals surface area contributed by atoms with Crippen molar-refractivity contribution in [3.63, 3.8) is 0 Å². The number of hydrogen-bond donors (Lipinski definition) is 2. The fourth-order valence-corrected chi connectivity index (χ4v) is 3.49. The van der Waals surface area contributed by atoms with E-state index >= 15 is 0 Å². The van der Waals surface area contributed by atoms with E-state index in [4.69, 9.17) is 18.8 Å². The Labute approximate surface area is 172 Å². The van der Waals surface area contributed by atoms with E-state index in [1.54, 1.807) is 24.4 Å². The minimum absolute atomic E-state index is 0.00879. The lowest BCUT2D eigenvalue weighted by Gasteiger charge is -2.19. The number of furan rings is 1. The number of rotatable bonds is 8. The number of aromatic nitrogens is 3. The molecule has 4 rings (SSSR count). The molecule has 158 valence electrons. The first-order valence-corrected chi connectivity index (χ1v) is 9.67. The summed E-state index contributed by atoms with van der Waals surface area (Å²) in [5.41, 5.74) is 0.693. The summed E-state index contributed by atoms with van der Waals surface area (Å²) in [6.07, 6.45) is 3.52. The topological polar surface area (TPSA) is 127 Å². The van der Waals surface area contributed by atoms with Crippen molar-refractivity contribution in [1.82, 2.24) is 20.0 Å². The molecule has 1 atom stereocenters. The zero-order chi connectivity index (χ0) is 20.9. The van der Waals surface area contributed by atoms with E-state index in [9.17, 15) is 4.79 Å². The average Bonchev–Trinajstić information content (AvgIpc) is 3.49. The summed E-state index contributed by atoms with van der Waals surface area (Å²) in [5.74, 6) is 2.49. The van der Waals surface area contributed by atoms with Gasteiger partial charge in [0.05, 0.1) is 12.6 Å². The summed E-state index contributed by atoms with van der Waals surface area (Å²) in [6.45, 7) is 1.36. The summed E-state index contributed by atoms with van der Waals surface area (Å²) in [6, 6.07) is 7.11. The normalized spacial score (nSPS) is 16.8. The minimum atomic E-state index is -0.274. The predicted octanol–water partition coefficient (Wildman–Crippen LogP) is 2.14. The van der Waals surface area contributed by atoms with Gasteiger partial charge in [0.15, 0.2) is 0 Å². The number of aliphatic hydroxyl groups is 1. The second-order valence-electron chi connectivity index (χ2n) is 7.02. The smallest absolute Gasteiger partial charge is 0.251 e. The summed E-state index contributed by atoms with van der Waals surface area (Å²) < 4.78 is 15.9. The number of carbonyl (C=O) groups is 1. The molecular formula is C20H23N5O5. The van der Waals surface area contributed by atoms with E-state index in [2.05, 4.69) is 25.3 Å². The molecule has 1 saturated heterocycles. The summed E-state index contributed by atoms with van der Waals surface area (Å²) in [4.78, 5) is 22.6. The molecule has 30 heavy (non-hydrogen) atoms. The molecule has 0 radical (unpaired) electrons. The molecule has 3 aromatic heterocycles. The van der Waals surface area contributed by atoms with E-state index in [0.717, 1.165) is 25.1 Å². The van der Waals surface area contributed by atoms with Gasteiger partial charge in [0, 0.05) is 18.9 Å². The number of likely N-dealkylation sites (tertiary alicyclic amines) is 1. The molecular weight excluding hydrogens is 390 g/mol. The van der Waals surface area contributed by atoms with Gasteiger partial charge in [0.1, 0.15) is 30.6 Å². The number of anilines is 1. The summed E-state index contributed by atoms with van der Waals surface area (Å²) in [7, 11) is 1.45. The van der Waals surface area contributed by atoms with E-state index in [1.165, 1.54) is 7.11 Å². The zero-order valence-electron chi connectivity index (χ0n) is 16.6. The van der Waals surface area contributed by atoms with Crippen molar-refractivity contribution >= 4 is 11.7 Å². The van der Waals surface area contributed by atoms with Crippen LogP contribution in [0.2, 0.25) is 0 Å². The fraction of sp³-hybridized carbons (Fsp3) is 0.400. The Morgan fingerprint density at radius 3 is 2.93 bits per heavy atom. The molecule has 1 aliphatic heterocycles.